The van der Waals surface area contributed by atoms with E-state index in [9.17, 15) is 4.79 Å². The van der Waals surface area contributed by atoms with Gasteiger partial charge in [0, 0.05) is 5.69 Å². The standard InChI is InChI=1S/C21H17NO2/c1-16-7-5-11-19(22-16)14-13-17-8-6-12-20(15-17)24-21(23)18-9-3-2-4-10-18/h2-15H,1H3. The van der Waals surface area contributed by atoms with E-state index in [0.29, 0.717) is 11.3 Å². The van der Waals surface area contributed by atoms with Gasteiger partial charge in [-0.1, -0.05) is 42.5 Å². The van der Waals surface area contributed by atoms with Crippen molar-refractivity contribution >= 4 is 18.1 Å². The van der Waals surface area contributed by atoms with Gasteiger partial charge in [0.1, 0.15) is 5.75 Å². The lowest BCUT2D eigenvalue weighted by Crippen LogP contribution is -2.08. The number of pyridine rings is 1. The van der Waals surface area contributed by atoms with E-state index in [2.05, 4.69) is 4.98 Å². The summed E-state index contributed by atoms with van der Waals surface area (Å²) >= 11 is 0. The smallest absolute Gasteiger partial charge is 0.343 e. The number of aryl methyl sites for hydroxylation is 1. The first kappa shape index (κ1) is 15.7. The largest absolute Gasteiger partial charge is 0.423 e. The Balaban J connectivity index is 1.73. The molecule has 0 aliphatic rings. The molecule has 3 rings (SSSR count). The molecule has 0 bridgehead atoms. The fourth-order valence-corrected chi connectivity index (χ4v) is 2.26. The van der Waals surface area contributed by atoms with Crippen LogP contribution in [0.4, 0.5) is 0 Å². The molecule has 3 heteroatoms. The number of rotatable bonds is 4. The molecule has 0 spiro atoms. The van der Waals surface area contributed by atoms with Gasteiger partial charge < -0.3 is 4.74 Å². The molecule has 24 heavy (non-hydrogen) atoms. The summed E-state index contributed by atoms with van der Waals surface area (Å²) in [6, 6.07) is 22.2. The number of hydrogen-bond acceptors (Lipinski definition) is 3. The Morgan fingerprint density at radius 1 is 0.917 bits per heavy atom. The zero-order valence-electron chi connectivity index (χ0n) is 13.3. The molecule has 0 aliphatic heterocycles. The van der Waals surface area contributed by atoms with E-state index in [4.69, 9.17) is 4.74 Å². The molecular weight excluding hydrogens is 298 g/mol. The Kier molecular flexibility index (Phi) is 4.82. The fourth-order valence-electron chi connectivity index (χ4n) is 2.26. The normalized spacial score (nSPS) is 10.7. The van der Waals surface area contributed by atoms with E-state index in [1.807, 2.05) is 73.7 Å². The summed E-state index contributed by atoms with van der Waals surface area (Å²) in [5.74, 6) is 0.153. The molecule has 0 radical (unpaired) electrons. The van der Waals surface area contributed by atoms with Crippen LogP contribution in [0.2, 0.25) is 0 Å². The quantitative estimate of drug-likeness (QED) is 0.514. The molecule has 1 aromatic heterocycles. The van der Waals surface area contributed by atoms with E-state index in [1.165, 1.54) is 0 Å². The Hall–Kier alpha value is -3.20. The summed E-state index contributed by atoms with van der Waals surface area (Å²) in [6.45, 7) is 1.96. The second-order valence-electron chi connectivity index (χ2n) is 5.37. The second-order valence-corrected chi connectivity index (χ2v) is 5.37. The fraction of sp³-hybridized carbons (Fsp3) is 0.0476. The predicted molar refractivity (Wildman–Crippen MR) is 95.7 cm³/mol. The third kappa shape index (κ3) is 4.17. The number of esters is 1. The van der Waals surface area contributed by atoms with Crippen LogP contribution in [-0.4, -0.2) is 11.0 Å². The number of carbonyl (C=O) groups excluding carboxylic acids is 1. The lowest BCUT2D eigenvalue weighted by Gasteiger charge is -2.05. The van der Waals surface area contributed by atoms with Gasteiger partial charge in [-0.05, 0) is 55.0 Å². The topological polar surface area (TPSA) is 39.2 Å². The monoisotopic (exact) mass is 315 g/mol. The van der Waals surface area contributed by atoms with Crippen molar-refractivity contribution in [2.24, 2.45) is 0 Å². The van der Waals surface area contributed by atoms with E-state index >= 15 is 0 Å². The van der Waals surface area contributed by atoms with Crippen molar-refractivity contribution in [3.63, 3.8) is 0 Å². The van der Waals surface area contributed by atoms with Crippen molar-refractivity contribution in [2.75, 3.05) is 0 Å². The van der Waals surface area contributed by atoms with Crippen LogP contribution in [0.25, 0.3) is 12.2 Å². The second kappa shape index (κ2) is 7.38. The van der Waals surface area contributed by atoms with Crippen LogP contribution in [0.5, 0.6) is 5.75 Å². The first-order valence-corrected chi connectivity index (χ1v) is 7.70. The molecule has 0 unspecified atom stereocenters. The molecule has 0 amide bonds. The van der Waals surface area contributed by atoms with E-state index in [0.717, 1.165) is 17.0 Å². The van der Waals surface area contributed by atoms with E-state index in [1.54, 1.807) is 18.2 Å². The van der Waals surface area contributed by atoms with Crippen LogP contribution in [0.1, 0.15) is 27.3 Å². The maximum absolute atomic E-state index is 12.1. The van der Waals surface area contributed by atoms with Gasteiger partial charge in [0.25, 0.3) is 0 Å². The summed E-state index contributed by atoms with van der Waals surface area (Å²) in [5.41, 5.74) is 3.34. The molecule has 0 fully saturated rings. The molecule has 0 atom stereocenters. The molecule has 1 heterocycles. The lowest BCUT2D eigenvalue weighted by atomic mass is 10.2. The Bertz CT molecular complexity index is 870. The molecule has 0 N–H and O–H groups in total. The van der Waals surface area contributed by atoms with Crippen LogP contribution in [0.3, 0.4) is 0 Å². The molecule has 0 saturated heterocycles. The number of hydrogen-bond donors (Lipinski definition) is 0. The van der Waals surface area contributed by atoms with Gasteiger partial charge in [0.15, 0.2) is 0 Å². The minimum Gasteiger partial charge on any atom is -0.423 e. The van der Waals surface area contributed by atoms with Crippen LogP contribution in [0, 0.1) is 6.92 Å². The van der Waals surface area contributed by atoms with Crippen LogP contribution in [-0.2, 0) is 0 Å². The Morgan fingerprint density at radius 3 is 2.50 bits per heavy atom. The van der Waals surface area contributed by atoms with Gasteiger partial charge in [-0.15, -0.1) is 0 Å². The zero-order chi connectivity index (χ0) is 16.8. The summed E-state index contributed by atoms with van der Waals surface area (Å²) in [7, 11) is 0. The third-order valence-corrected chi connectivity index (χ3v) is 3.43. The number of carbonyl (C=O) groups is 1. The first-order valence-electron chi connectivity index (χ1n) is 7.70. The van der Waals surface area contributed by atoms with Crippen LogP contribution < -0.4 is 4.74 Å². The van der Waals surface area contributed by atoms with E-state index in [-0.39, 0.29) is 5.97 Å². The van der Waals surface area contributed by atoms with Crippen LogP contribution in [0.15, 0.2) is 72.8 Å². The van der Waals surface area contributed by atoms with Gasteiger partial charge in [0.05, 0.1) is 11.3 Å². The lowest BCUT2D eigenvalue weighted by molar-refractivity contribution is 0.0735. The third-order valence-electron chi connectivity index (χ3n) is 3.43. The van der Waals surface area contributed by atoms with Gasteiger partial charge in [0.2, 0.25) is 0 Å². The number of benzene rings is 2. The van der Waals surface area contributed by atoms with Crippen LogP contribution >= 0.6 is 0 Å². The highest BCUT2D eigenvalue weighted by molar-refractivity contribution is 5.91. The molecule has 0 saturated carbocycles. The zero-order valence-corrected chi connectivity index (χ0v) is 13.3. The molecule has 118 valence electrons. The van der Waals surface area contributed by atoms with Gasteiger partial charge in [-0.3, -0.25) is 4.98 Å². The average Bonchev–Trinajstić information content (AvgIpc) is 2.61. The highest BCUT2D eigenvalue weighted by Crippen LogP contribution is 2.17. The van der Waals surface area contributed by atoms with Crippen molar-refractivity contribution in [1.29, 1.82) is 0 Å². The molecule has 2 aromatic carbocycles. The molecule has 3 aromatic rings. The summed E-state index contributed by atoms with van der Waals surface area (Å²) < 4.78 is 5.42. The minimum absolute atomic E-state index is 0.364. The average molecular weight is 315 g/mol. The van der Waals surface area contributed by atoms with Crippen molar-refractivity contribution in [3.05, 3.63) is 95.3 Å². The SMILES string of the molecule is Cc1cccc(C=Cc2cccc(OC(=O)c3ccccc3)c2)n1. The molecule has 0 aliphatic carbocycles. The van der Waals surface area contributed by atoms with Crippen molar-refractivity contribution < 1.29 is 9.53 Å². The van der Waals surface area contributed by atoms with Crippen molar-refractivity contribution in [2.45, 2.75) is 6.92 Å². The molecular formula is C21H17NO2. The van der Waals surface area contributed by atoms with Gasteiger partial charge >= 0.3 is 5.97 Å². The number of ether oxygens (including phenoxy) is 1. The van der Waals surface area contributed by atoms with Gasteiger partial charge in [-0.2, -0.15) is 0 Å². The minimum atomic E-state index is -0.364. The number of aromatic nitrogens is 1. The van der Waals surface area contributed by atoms with Gasteiger partial charge in [-0.25, -0.2) is 4.79 Å². The first-order chi connectivity index (χ1) is 11.7. The predicted octanol–water partition coefficient (Wildman–Crippen LogP) is 4.78. The maximum atomic E-state index is 12.1. The van der Waals surface area contributed by atoms with Crippen molar-refractivity contribution in [1.82, 2.24) is 4.98 Å². The van der Waals surface area contributed by atoms with E-state index < -0.39 is 0 Å². The number of nitrogens with zero attached hydrogens (tertiary/aromatic N) is 1. The summed E-state index contributed by atoms with van der Waals surface area (Å²) in [6.07, 6.45) is 3.88. The Labute approximate surface area is 141 Å². The van der Waals surface area contributed by atoms with Crippen molar-refractivity contribution in [3.8, 4) is 5.75 Å². The summed E-state index contributed by atoms with van der Waals surface area (Å²) in [4.78, 5) is 16.5. The highest BCUT2D eigenvalue weighted by atomic mass is 16.5. The molecule has 3 nitrogen and oxygen atoms in total. The Morgan fingerprint density at radius 2 is 1.71 bits per heavy atom. The maximum Gasteiger partial charge on any atom is 0.343 e. The summed E-state index contributed by atoms with van der Waals surface area (Å²) in [5, 5.41) is 0. The highest BCUT2D eigenvalue weighted by Gasteiger charge is 2.07.